The molecule has 7 nitrogen and oxygen atoms in total. The van der Waals surface area contributed by atoms with Gasteiger partial charge in [0.2, 0.25) is 5.91 Å². The molecule has 8 heteroatoms. The smallest absolute Gasteiger partial charge is 0.266 e. The fraction of sp³-hybridized carbons (Fsp3) is 0.200. The zero-order valence-electron chi connectivity index (χ0n) is 17.7. The van der Waals surface area contributed by atoms with E-state index in [1.165, 1.54) is 17.1 Å². The van der Waals surface area contributed by atoms with E-state index in [2.05, 4.69) is 15.6 Å². The number of H-pyrrole nitrogens is 1. The van der Waals surface area contributed by atoms with E-state index in [0.29, 0.717) is 47.5 Å². The Morgan fingerprint density at radius 1 is 1.00 bits per heavy atom. The average Bonchev–Trinajstić information content (AvgIpc) is 2.82. The lowest BCUT2D eigenvalue weighted by Gasteiger charge is -2.38. The lowest BCUT2D eigenvalue weighted by Crippen LogP contribution is -2.44. The molecular weight excluding hydrogens is 423 g/mol. The van der Waals surface area contributed by atoms with Crippen molar-refractivity contribution in [3.63, 3.8) is 0 Å². The third kappa shape index (κ3) is 3.84. The molecule has 5 rings (SSSR count). The number of allylic oxidation sites excluding steroid dienone is 2. The first-order chi connectivity index (χ1) is 16.0. The van der Waals surface area contributed by atoms with Gasteiger partial charge in [-0.15, -0.1) is 0 Å². The molecule has 1 aliphatic heterocycles. The summed E-state index contributed by atoms with van der Waals surface area (Å²) in [5.74, 6) is -1.47. The van der Waals surface area contributed by atoms with E-state index in [1.807, 2.05) is 30.3 Å². The first-order valence-electron chi connectivity index (χ1n) is 10.8. The minimum absolute atomic E-state index is 0.0597. The molecule has 1 atom stereocenters. The number of aromatic amines is 1. The van der Waals surface area contributed by atoms with Crippen LogP contribution in [0.3, 0.4) is 0 Å². The first kappa shape index (κ1) is 20.8. The summed E-state index contributed by atoms with van der Waals surface area (Å²) in [6, 6.07) is 16.8. The number of rotatable bonds is 4. The molecule has 0 bridgehead atoms. The van der Waals surface area contributed by atoms with E-state index in [4.69, 9.17) is 0 Å². The highest BCUT2D eigenvalue weighted by Gasteiger charge is 2.40. The SMILES string of the molecule is O=C1CCCC2=C1[C@H](c1ccccc1F)CC(=O)N2Nc1cc(=O)[nH]nc1-c1ccccc1. The maximum Gasteiger partial charge on any atom is 0.266 e. The molecule has 2 N–H and O–H groups in total. The van der Waals surface area contributed by atoms with Crippen LogP contribution in [0, 0.1) is 5.82 Å². The lowest BCUT2D eigenvalue weighted by molar-refractivity contribution is -0.130. The van der Waals surface area contributed by atoms with Crippen LogP contribution in [0.4, 0.5) is 10.1 Å². The fourth-order valence-corrected chi connectivity index (χ4v) is 4.57. The molecule has 2 aliphatic rings. The summed E-state index contributed by atoms with van der Waals surface area (Å²) in [4.78, 5) is 38.3. The van der Waals surface area contributed by atoms with Crippen molar-refractivity contribution in [2.24, 2.45) is 0 Å². The monoisotopic (exact) mass is 444 g/mol. The van der Waals surface area contributed by atoms with Gasteiger partial charge in [0.25, 0.3) is 5.56 Å². The number of hydrogen-bond acceptors (Lipinski definition) is 5. The summed E-state index contributed by atoms with van der Waals surface area (Å²) in [6.45, 7) is 0. The van der Waals surface area contributed by atoms with Crippen molar-refractivity contribution >= 4 is 17.4 Å². The van der Waals surface area contributed by atoms with Crippen molar-refractivity contribution in [1.29, 1.82) is 0 Å². The molecule has 2 aromatic carbocycles. The number of aromatic nitrogens is 2. The third-order valence-electron chi connectivity index (χ3n) is 6.04. The van der Waals surface area contributed by atoms with Gasteiger partial charge in [-0.3, -0.25) is 19.8 Å². The Balaban J connectivity index is 1.60. The van der Waals surface area contributed by atoms with Crippen LogP contribution in [-0.2, 0) is 9.59 Å². The van der Waals surface area contributed by atoms with Gasteiger partial charge < -0.3 is 0 Å². The summed E-state index contributed by atoms with van der Waals surface area (Å²) < 4.78 is 14.6. The van der Waals surface area contributed by atoms with Crippen LogP contribution in [0.1, 0.15) is 37.2 Å². The molecule has 0 saturated carbocycles. The lowest BCUT2D eigenvalue weighted by atomic mass is 9.77. The third-order valence-corrected chi connectivity index (χ3v) is 6.04. The minimum Gasteiger partial charge on any atom is -0.294 e. The molecule has 1 aliphatic carbocycles. The summed E-state index contributed by atoms with van der Waals surface area (Å²) in [7, 11) is 0. The van der Waals surface area contributed by atoms with Gasteiger partial charge in [-0.2, -0.15) is 5.10 Å². The van der Waals surface area contributed by atoms with Crippen molar-refractivity contribution in [1.82, 2.24) is 15.2 Å². The molecular formula is C25H21FN4O3. The number of nitrogens with one attached hydrogen (secondary N) is 2. The van der Waals surface area contributed by atoms with E-state index in [-0.39, 0.29) is 18.1 Å². The zero-order chi connectivity index (χ0) is 22.9. The molecule has 0 unspecified atom stereocenters. The quantitative estimate of drug-likeness (QED) is 0.636. The zero-order valence-corrected chi connectivity index (χ0v) is 17.7. The van der Waals surface area contributed by atoms with Gasteiger partial charge in [-0.25, -0.2) is 14.5 Å². The van der Waals surface area contributed by atoms with Crippen LogP contribution >= 0.6 is 0 Å². The highest BCUT2D eigenvalue weighted by molar-refractivity contribution is 6.01. The standard InChI is InChI=1S/C25H21FN4O3/c26-18-10-5-4-9-16(18)17-13-23(33)30(20-11-6-12-21(31)24(17)20)29-19-14-22(32)27-28-25(19)15-7-2-1-3-8-15/h1-5,7-10,14,17H,6,11-13H2,(H2,27,29,32)/t17-/m0/s1. The van der Waals surface area contributed by atoms with E-state index < -0.39 is 17.3 Å². The predicted octanol–water partition coefficient (Wildman–Crippen LogP) is 3.93. The highest BCUT2D eigenvalue weighted by atomic mass is 19.1. The Hall–Kier alpha value is -4.07. The topological polar surface area (TPSA) is 95.2 Å². The number of benzene rings is 2. The fourth-order valence-electron chi connectivity index (χ4n) is 4.57. The number of hydrazine groups is 1. The van der Waals surface area contributed by atoms with Crippen LogP contribution in [-0.4, -0.2) is 26.9 Å². The van der Waals surface area contributed by atoms with Crippen LogP contribution in [0.25, 0.3) is 11.3 Å². The Bertz CT molecular complexity index is 1330. The van der Waals surface area contributed by atoms with Crippen molar-refractivity contribution < 1.29 is 14.0 Å². The largest absolute Gasteiger partial charge is 0.294 e. The number of halogens is 1. The Kier molecular flexibility index (Phi) is 5.34. The van der Waals surface area contributed by atoms with Crippen LogP contribution in [0.15, 0.2) is 76.7 Å². The van der Waals surface area contributed by atoms with Gasteiger partial charge >= 0.3 is 0 Å². The first-order valence-corrected chi connectivity index (χ1v) is 10.8. The number of nitrogens with zero attached hydrogens (tertiary/aromatic N) is 2. The van der Waals surface area contributed by atoms with Gasteiger partial charge in [0.15, 0.2) is 5.78 Å². The van der Waals surface area contributed by atoms with Crippen molar-refractivity contribution in [2.75, 3.05) is 5.43 Å². The molecule has 2 heterocycles. The van der Waals surface area contributed by atoms with Crippen molar-refractivity contribution in [2.45, 2.75) is 31.6 Å². The predicted molar refractivity (Wildman–Crippen MR) is 120 cm³/mol. The van der Waals surface area contributed by atoms with Gasteiger partial charge in [-0.1, -0.05) is 48.5 Å². The second kappa shape index (κ2) is 8.46. The molecule has 1 aromatic heterocycles. The molecule has 166 valence electrons. The number of anilines is 1. The Labute approximate surface area is 188 Å². The van der Waals surface area contributed by atoms with E-state index in [9.17, 15) is 18.8 Å². The summed E-state index contributed by atoms with van der Waals surface area (Å²) >= 11 is 0. The Morgan fingerprint density at radius 3 is 2.55 bits per heavy atom. The highest BCUT2D eigenvalue weighted by Crippen LogP contribution is 2.42. The number of Topliss-reactive ketones (excluding diaryl/α,β-unsaturated/α-hetero) is 1. The Morgan fingerprint density at radius 2 is 1.76 bits per heavy atom. The number of ketones is 1. The molecule has 0 fully saturated rings. The van der Waals surface area contributed by atoms with Gasteiger partial charge in [-0.05, 0) is 24.5 Å². The van der Waals surface area contributed by atoms with Crippen LogP contribution in [0.5, 0.6) is 0 Å². The second-order valence-corrected chi connectivity index (χ2v) is 8.12. The number of hydrogen-bond donors (Lipinski definition) is 2. The molecule has 0 saturated heterocycles. The average molecular weight is 444 g/mol. The maximum atomic E-state index is 14.6. The molecule has 0 spiro atoms. The van der Waals surface area contributed by atoms with Gasteiger partial charge in [0, 0.05) is 36.0 Å². The number of carbonyl (C=O) groups excluding carboxylic acids is 2. The molecule has 1 amide bonds. The molecule has 0 radical (unpaired) electrons. The van der Waals surface area contributed by atoms with Crippen molar-refractivity contribution in [3.05, 3.63) is 93.7 Å². The number of carbonyl (C=O) groups is 2. The summed E-state index contributed by atoms with van der Waals surface area (Å²) in [6.07, 6.45) is 1.37. The minimum atomic E-state index is -0.634. The van der Waals surface area contributed by atoms with E-state index >= 15 is 0 Å². The van der Waals surface area contributed by atoms with Crippen LogP contribution < -0.4 is 11.0 Å². The second-order valence-electron chi connectivity index (χ2n) is 8.12. The normalized spacial score (nSPS) is 18.3. The van der Waals surface area contributed by atoms with Crippen molar-refractivity contribution in [3.8, 4) is 11.3 Å². The van der Waals surface area contributed by atoms with Gasteiger partial charge in [0.1, 0.15) is 11.5 Å². The van der Waals surface area contributed by atoms with E-state index in [1.54, 1.807) is 18.2 Å². The molecule has 3 aromatic rings. The van der Waals surface area contributed by atoms with E-state index in [0.717, 1.165) is 5.56 Å². The number of amides is 1. The summed E-state index contributed by atoms with van der Waals surface area (Å²) in [5.41, 5.74) is 5.49. The maximum absolute atomic E-state index is 14.6. The summed E-state index contributed by atoms with van der Waals surface area (Å²) in [5, 5.41) is 7.93. The van der Waals surface area contributed by atoms with Gasteiger partial charge in [0.05, 0.1) is 11.4 Å². The van der Waals surface area contributed by atoms with Crippen LogP contribution in [0.2, 0.25) is 0 Å². The molecule has 33 heavy (non-hydrogen) atoms.